The molecule has 2 unspecified atom stereocenters. The SMILES string of the molecule is CCC(=O)N[C@H](C(C)C)C(O)N1CCC(C2=CC[C@H](F)C=C2)C(C)(C)C1. The molecular formula is C21H35FN2O2. The van der Waals surface area contributed by atoms with Crippen LogP contribution >= 0.6 is 0 Å². The summed E-state index contributed by atoms with van der Waals surface area (Å²) in [6.07, 6.45) is 5.86. The summed E-state index contributed by atoms with van der Waals surface area (Å²) in [6.45, 7) is 11.8. The average Bonchev–Trinajstić information content (AvgIpc) is 2.58. The number of amides is 1. The Balaban J connectivity index is 2.07. The van der Waals surface area contributed by atoms with Gasteiger partial charge in [0.15, 0.2) is 0 Å². The standard InChI is InChI=1S/C21H35FN2O2/c1-6-18(25)23-19(14(2)3)20(26)24-12-11-17(21(4,5)13-24)15-7-9-16(22)10-8-15/h7-9,14,16-17,19-20,26H,6,10-13H2,1-5H3,(H,23,25)/t16-,17?,19-,20?/m1/s1. The largest absolute Gasteiger partial charge is 0.376 e. The third-order valence-corrected chi connectivity index (χ3v) is 5.80. The highest BCUT2D eigenvalue weighted by atomic mass is 19.1. The van der Waals surface area contributed by atoms with Gasteiger partial charge in [-0.3, -0.25) is 9.69 Å². The molecule has 4 atom stereocenters. The van der Waals surface area contributed by atoms with Gasteiger partial charge in [0.1, 0.15) is 12.4 Å². The lowest BCUT2D eigenvalue weighted by atomic mass is 9.69. The number of piperidine rings is 1. The number of nitrogens with zero attached hydrogens (tertiary/aromatic N) is 1. The maximum Gasteiger partial charge on any atom is 0.220 e. The summed E-state index contributed by atoms with van der Waals surface area (Å²) in [7, 11) is 0. The number of nitrogens with one attached hydrogen (secondary N) is 1. The minimum absolute atomic E-state index is 0.0322. The number of hydrogen-bond acceptors (Lipinski definition) is 3. The maximum atomic E-state index is 13.4. The van der Waals surface area contributed by atoms with Gasteiger partial charge in [0.05, 0.1) is 6.04 Å². The topological polar surface area (TPSA) is 52.6 Å². The molecule has 0 radical (unpaired) electrons. The molecule has 1 saturated heterocycles. The van der Waals surface area contributed by atoms with E-state index in [-0.39, 0.29) is 23.3 Å². The van der Waals surface area contributed by atoms with Crippen molar-refractivity contribution >= 4 is 5.91 Å². The second-order valence-electron chi connectivity index (χ2n) is 8.72. The number of allylic oxidation sites excluding steroid dienone is 4. The van der Waals surface area contributed by atoms with Gasteiger partial charge < -0.3 is 10.4 Å². The first-order chi connectivity index (χ1) is 12.2. The third kappa shape index (κ3) is 4.95. The van der Waals surface area contributed by atoms with Crippen LogP contribution in [0.1, 0.15) is 53.9 Å². The molecule has 2 aliphatic rings. The van der Waals surface area contributed by atoms with Crippen molar-refractivity contribution in [2.45, 2.75) is 72.3 Å². The summed E-state index contributed by atoms with van der Waals surface area (Å²) >= 11 is 0. The van der Waals surface area contributed by atoms with Crippen LogP contribution in [0.4, 0.5) is 4.39 Å². The number of carbonyl (C=O) groups excluding carboxylic acids is 1. The number of aliphatic hydroxyl groups excluding tert-OH is 1. The van der Waals surface area contributed by atoms with E-state index in [4.69, 9.17) is 0 Å². The molecule has 1 amide bonds. The third-order valence-electron chi connectivity index (χ3n) is 5.80. The number of likely N-dealkylation sites (tertiary alicyclic amines) is 1. The normalized spacial score (nSPS) is 28.5. The fraction of sp³-hybridized carbons (Fsp3) is 0.762. The van der Waals surface area contributed by atoms with Crippen LogP contribution in [-0.4, -0.2) is 47.4 Å². The van der Waals surface area contributed by atoms with E-state index in [1.54, 1.807) is 6.08 Å². The molecule has 0 bridgehead atoms. The fourth-order valence-electron chi connectivity index (χ4n) is 4.21. The Bertz CT molecular complexity index is 556. The lowest BCUT2D eigenvalue weighted by Crippen LogP contribution is -2.58. The monoisotopic (exact) mass is 366 g/mol. The molecule has 148 valence electrons. The van der Waals surface area contributed by atoms with Crippen molar-refractivity contribution in [3.8, 4) is 0 Å². The summed E-state index contributed by atoms with van der Waals surface area (Å²) in [6, 6.07) is -0.282. The van der Waals surface area contributed by atoms with E-state index in [2.05, 4.69) is 24.1 Å². The van der Waals surface area contributed by atoms with Crippen molar-refractivity contribution in [2.24, 2.45) is 17.3 Å². The zero-order valence-corrected chi connectivity index (χ0v) is 16.8. The number of alkyl halides is 1. The minimum atomic E-state index is -0.863. The molecule has 4 nitrogen and oxygen atoms in total. The summed E-state index contributed by atoms with van der Waals surface area (Å²) in [4.78, 5) is 13.9. The van der Waals surface area contributed by atoms with Crippen LogP contribution in [0.25, 0.3) is 0 Å². The molecular weight excluding hydrogens is 331 g/mol. The molecule has 26 heavy (non-hydrogen) atoms. The predicted octanol–water partition coefficient (Wildman–Crippen LogP) is 3.43. The Labute approximate surface area is 157 Å². The van der Waals surface area contributed by atoms with Crippen molar-refractivity contribution in [3.05, 3.63) is 23.8 Å². The molecule has 0 aromatic rings. The van der Waals surface area contributed by atoms with Crippen molar-refractivity contribution in [2.75, 3.05) is 13.1 Å². The molecule has 1 aliphatic carbocycles. The molecule has 0 saturated carbocycles. The summed E-state index contributed by atoms with van der Waals surface area (Å²) in [5.74, 6) is 0.472. The highest BCUT2D eigenvalue weighted by Gasteiger charge is 2.41. The van der Waals surface area contributed by atoms with Gasteiger partial charge in [0.25, 0.3) is 0 Å². The molecule has 1 heterocycles. The molecule has 0 aromatic heterocycles. The van der Waals surface area contributed by atoms with Gasteiger partial charge in [-0.2, -0.15) is 0 Å². The van der Waals surface area contributed by atoms with Gasteiger partial charge in [-0.15, -0.1) is 0 Å². The number of hydrogen-bond donors (Lipinski definition) is 2. The zero-order valence-electron chi connectivity index (χ0n) is 16.8. The summed E-state index contributed by atoms with van der Waals surface area (Å²) in [5.41, 5.74) is 1.19. The van der Waals surface area contributed by atoms with Gasteiger partial charge in [0, 0.05) is 25.9 Å². The minimum Gasteiger partial charge on any atom is -0.376 e. The quantitative estimate of drug-likeness (QED) is 0.757. The highest BCUT2D eigenvalue weighted by Crippen LogP contribution is 2.41. The molecule has 5 heteroatoms. The van der Waals surface area contributed by atoms with Gasteiger partial charge in [-0.1, -0.05) is 52.8 Å². The van der Waals surface area contributed by atoms with Crippen LogP contribution in [0, 0.1) is 17.3 Å². The van der Waals surface area contributed by atoms with Gasteiger partial charge in [-0.05, 0) is 29.2 Å². The molecule has 1 aliphatic heterocycles. The van der Waals surface area contributed by atoms with Crippen LogP contribution in [-0.2, 0) is 4.79 Å². The average molecular weight is 367 g/mol. The highest BCUT2D eigenvalue weighted by molar-refractivity contribution is 5.75. The van der Waals surface area contributed by atoms with Crippen molar-refractivity contribution in [3.63, 3.8) is 0 Å². The Morgan fingerprint density at radius 1 is 1.46 bits per heavy atom. The number of halogens is 1. The Kier molecular flexibility index (Phi) is 7.03. The van der Waals surface area contributed by atoms with E-state index in [0.29, 0.717) is 18.8 Å². The number of rotatable bonds is 6. The van der Waals surface area contributed by atoms with Gasteiger partial charge in [0.2, 0.25) is 5.91 Å². The van der Waals surface area contributed by atoms with Crippen molar-refractivity contribution in [1.29, 1.82) is 0 Å². The van der Waals surface area contributed by atoms with E-state index in [1.807, 2.05) is 32.9 Å². The Morgan fingerprint density at radius 3 is 2.65 bits per heavy atom. The van der Waals surface area contributed by atoms with Crippen LogP contribution in [0.3, 0.4) is 0 Å². The Hall–Kier alpha value is -1.20. The van der Waals surface area contributed by atoms with E-state index in [1.165, 1.54) is 5.57 Å². The molecule has 2 N–H and O–H groups in total. The van der Waals surface area contributed by atoms with Crippen LogP contribution < -0.4 is 5.32 Å². The first kappa shape index (κ1) is 21.1. The number of aliphatic hydroxyl groups is 1. The van der Waals surface area contributed by atoms with Crippen LogP contribution in [0.2, 0.25) is 0 Å². The fourth-order valence-corrected chi connectivity index (χ4v) is 4.21. The van der Waals surface area contributed by atoms with E-state index in [0.717, 1.165) is 19.5 Å². The predicted molar refractivity (Wildman–Crippen MR) is 103 cm³/mol. The smallest absolute Gasteiger partial charge is 0.220 e. The van der Waals surface area contributed by atoms with Crippen molar-refractivity contribution < 1.29 is 14.3 Å². The molecule has 1 fully saturated rings. The summed E-state index contributed by atoms with van der Waals surface area (Å²) < 4.78 is 13.4. The maximum absolute atomic E-state index is 13.4. The van der Waals surface area contributed by atoms with E-state index in [9.17, 15) is 14.3 Å². The first-order valence-corrected chi connectivity index (χ1v) is 9.89. The Morgan fingerprint density at radius 2 is 2.15 bits per heavy atom. The van der Waals surface area contributed by atoms with E-state index >= 15 is 0 Å². The zero-order chi connectivity index (χ0) is 19.5. The second kappa shape index (κ2) is 8.66. The van der Waals surface area contributed by atoms with Crippen LogP contribution in [0.5, 0.6) is 0 Å². The second-order valence-corrected chi connectivity index (χ2v) is 8.72. The lowest BCUT2D eigenvalue weighted by Gasteiger charge is -2.48. The molecule has 0 aromatic carbocycles. The first-order valence-electron chi connectivity index (χ1n) is 9.89. The lowest BCUT2D eigenvalue weighted by molar-refractivity contribution is -0.126. The molecule has 0 spiro atoms. The summed E-state index contributed by atoms with van der Waals surface area (Å²) in [5, 5.41) is 13.9. The van der Waals surface area contributed by atoms with Gasteiger partial charge >= 0.3 is 0 Å². The van der Waals surface area contributed by atoms with Gasteiger partial charge in [-0.25, -0.2) is 4.39 Å². The van der Waals surface area contributed by atoms with Crippen molar-refractivity contribution in [1.82, 2.24) is 10.2 Å². The van der Waals surface area contributed by atoms with E-state index < -0.39 is 12.4 Å². The van der Waals surface area contributed by atoms with Crippen LogP contribution in [0.15, 0.2) is 23.8 Å². The molecule has 2 rings (SSSR count). The number of carbonyl (C=O) groups is 1.